The van der Waals surface area contributed by atoms with Crippen LogP contribution in [0.1, 0.15) is 29.5 Å². The lowest BCUT2D eigenvalue weighted by Crippen LogP contribution is -2.42. The number of hydrogen-bond donors (Lipinski definition) is 1. The van der Waals surface area contributed by atoms with Crippen molar-refractivity contribution in [1.82, 2.24) is 4.90 Å². The molecule has 2 N–H and O–H groups in total. The molecule has 1 aliphatic rings. The summed E-state index contributed by atoms with van der Waals surface area (Å²) in [4.78, 5) is 2.48. The largest absolute Gasteiger partial charge is 0.327 e. The van der Waals surface area contributed by atoms with Crippen LogP contribution in [-0.4, -0.2) is 24.0 Å². The first-order valence-electron chi connectivity index (χ1n) is 6.19. The molecule has 1 atom stereocenters. The van der Waals surface area contributed by atoms with Gasteiger partial charge >= 0.3 is 0 Å². The predicted octanol–water partition coefficient (Wildman–Crippen LogP) is 2.23. The number of nitrogens with two attached hydrogens (primary N) is 1. The number of likely N-dealkylation sites (tertiary alicyclic amines) is 1. The lowest BCUT2D eigenvalue weighted by atomic mass is 10.0. The second-order valence-electron chi connectivity index (χ2n) is 5.07. The molecule has 1 saturated heterocycles. The summed E-state index contributed by atoms with van der Waals surface area (Å²) in [6, 6.07) is 7.07. The molecule has 1 aromatic rings. The zero-order valence-electron chi connectivity index (χ0n) is 10.4. The highest BCUT2D eigenvalue weighted by molar-refractivity contribution is 5.30. The highest BCUT2D eigenvalue weighted by Crippen LogP contribution is 2.16. The van der Waals surface area contributed by atoms with E-state index in [2.05, 4.69) is 36.9 Å². The summed E-state index contributed by atoms with van der Waals surface area (Å²) in [5.41, 5.74) is 10.2. The fourth-order valence-corrected chi connectivity index (χ4v) is 2.45. The van der Waals surface area contributed by atoms with Crippen molar-refractivity contribution in [2.45, 2.75) is 39.3 Å². The molecule has 16 heavy (non-hydrogen) atoms. The van der Waals surface area contributed by atoms with E-state index in [1.165, 1.54) is 36.1 Å². The summed E-state index contributed by atoms with van der Waals surface area (Å²) in [6.07, 6.45) is 2.43. The van der Waals surface area contributed by atoms with E-state index in [9.17, 15) is 0 Å². The topological polar surface area (TPSA) is 29.3 Å². The fourth-order valence-electron chi connectivity index (χ4n) is 2.45. The van der Waals surface area contributed by atoms with Gasteiger partial charge in [0.25, 0.3) is 0 Å². The van der Waals surface area contributed by atoms with Gasteiger partial charge in [0.05, 0.1) is 0 Å². The van der Waals surface area contributed by atoms with E-state index in [-0.39, 0.29) is 0 Å². The SMILES string of the molecule is Cc1ccc(C)c(CN2CCC[C@@H](N)C2)c1. The quantitative estimate of drug-likeness (QED) is 0.825. The molecule has 2 nitrogen and oxygen atoms in total. The van der Waals surface area contributed by atoms with E-state index in [4.69, 9.17) is 5.73 Å². The predicted molar refractivity (Wildman–Crippen MR) is 68.4 cm³/mol. The maximum absolute atomic E-state index is 6.01. The van der Waals surface area contributed by atoms with Crippen LogP contribution < -0.4 is 5.73 Å². The first-order chi connectivity index (χ1) is 7.65. The third kappa shape index (κ3) is 2.83. The Morgan fingerprint density at radius 2 is 2.19 bits per heavy atom. The van der Waals surface area contributed by atoms with Crippen LogP contribution in [0.25, 0.3) is 0 Å². The molecular formula is C14H22N2. The summed E-state index contributed by atoms with van der Waals surface area (Å²) in [7, 11) is 0. The Kier molecular flexibility index (Phi) is 3.62. The van der Waals surface area contributed by atoms with Gasteiger partial charge in [-0.3, -0.25) is 4.90 Å². The molecule has 2 heteroatoms. The van der Waals surface area contributed by atoms with Crippen molar-refractivity contribution in [2.24, 2.45) is 5.73 Å². The third-order valence-corrected chi connectivity index (χ3v) is 3.44. The van der Waals surface area contributed by atoms with Gasteiger partial charge in [0.2, 0.25) is 0 Å². The van der Waals surface area contributed by atoms with Crippen molar-refractivity contribution < 1.29 is 0 Å². The zero-order chi connectivity index (χ0) is 11.5. The second kappa shape index (κ2) is 4.98. The van der Waals surface area contributed by atoms with Crippen molar-refractivity contribution in [3.8, 4) is 0 Å². The average molecular weight is 218 g/mol. The molecule has 0 amide bonds. The Labute approximate surface area is 98.4 Å². The van der Waals surface area contributed by atoms with Gasteiger partial charge in [0.15, 0.2) is 0 Å². The molecule has 0 aromatic heterocycles. The Bertz CT molecular complexity index is 360. The van der Waals surface area contributed by atoms with Gasteiger partial charge in [-0.25, -0.2) is 0 Å². The molecular weight excluding hydrogens is 196 g/mol. The highest BCUT2D eigenvalue weighted by atomic mass is 15.1. The molecule has 0 aliphatic carbocycles. The van der Waals surface area contributed by atoms with Crippen molar-refractivity contribution in [2.75, 3.05) is 13.1 Å². The van der Waals surface area contributed by atoms with E-state index in [0.29, 0.717) is 6.04 Å². The summed E-state index contributed by atoms with van der Waals surface area (Å²) >= 11 is 0. The van der Waals surface area contributed by atoms with Crippen LogP contribution >= 0.6 is 0 Å². The second-order valence-corrected chi connectivity index (χ2v) is 5.07. The summed E-state index contributed by atoms with van der Waals surface area (Å²) in [6.45, 7) is 7.65. The van der Waals surface area contributed by atoms with Crippen LogP contribution in [0.3, 0.4) is 0 Å². The number of piperidine rings is 1. The molecule has 88 valence electrons. The molecule has 0 spiro atoms. The van der Waals surface area contributed by atoms with Gasteiger partial charge in [-0.1, -0.05) is 23.8 Å². The van der Waals surface area contributed by atoms with E-state index < -0.39 is 0 Å². The maximum Gasteiger partial charge on any atom is 0.0237 e. The van der Waals surface area contributed by atoms with Gasteiger partial charge in [-0.15, -0.1) is 0 Å². The monoisotopic (exact) mass is 218 g/mol. The minimum Gasteiger partial charge on any atom is -0.327 e. The van der Waals surface area contributed by atoms with Crippen molar-refractivity contribution in [1.29, 1.82) is 0 Å². The van der Waals surface area contributed by atoms with Crippen LogP contribution in [0.2, 0.25) is 0 Å². The maximum atomic E-state index is 6.01. The number of aryl methyl sites for hydroxylation is 2. The molecule has 1 fully saturated rings. The molecule has 0 radical (unpaired) electrons. The van der Waals surface area contributed by atoms with E-state index in [0.717, 1.165) is 13.1 Å². The van der Waals surface area contributed by atoms with Crippen molar-refractivity contribution in [3.63, 3.8) is 0 Å². The van der Waals surface area contributed by atoms with Crippen molar-refractivity contribution in [3.05, 3.63) is 34.9 Å². The Morgan fingerprint density at radius 1 is 1.38 bits per heavy atom. The number of nitrogens with zero attached hydrogens (tertiary/aromatic N) is 1. The molecule has 0 bridgehead atoms. The zero-order valence-corrected chi connectivity index (χ0v) is 10.4. The van der Waals surface area contributed by atoms with Crippen LogP contribution in [0.5, 0.6) is 0 Å². The average Bonchev–Trinajstić information content (AvgIpc) is 2.24. The Hall–Kier alpha value is -0.860. The van der Waals surface area contributed by atoms with Gasteiger partial charge in [-0.2, -0.15) is 0 Å². The summed E-state index contributed by atoms with van der Waals surface area (Å²) < 4.78 is 0. The first kappa shape index (κ1) is 11.6. The molecule has 2 rings (SSSR count). The summed E-state index contributed by atoms with van der Waals surface area (Å²) in [5, 5.41) is 0. The molecule has 1 aliphatic heterocycles. The highest BCUT2D eigenvalue weighted by Gasteiger charge is 2.16. The normalized spacial score (nSPS) is 22.3. The van der Waals surface area contributed by atoms with Gasteiger partial charge in [0, 0.05) is 19.1 Å². The van der Waals surface area contributed by atoms with E-state index in [1.54, 1.807) is 0 Å². The Balaban J connectivity index is 2.05. The molecule has 0 saturated carbocycles. The van der Waals surface area contributed by atoms with E-state index in [1.807, 2.05) is 0 Å². The third-order valence-electron chi connectivity index (χ3n) is 3.44. The van der Waals surface area contributed by atoms with Crippen LogP contribution in [0, 0.1) is 13.8 Å². The Morgan fingerprint density at radius 3 is 2.94 bits per heavy atom. The number of rotatable bonds is 2. The smallest absolute Gasteiger partial charge is 0.0237 e. The summed E-state index contributed by atoms with van der Waals surface area (Å²) in [5.74, 6) is 0. The van der Waals surface area contributed by atoms with Gasteiger partial charge in [0.1, 0.15) is 0 Å². The number of hydrogen-bond acceptors (Lipinski definition) is 2. The van der Waals surface area contributed by atoms with Crippen LogP contribution in [0.15, 0.2) is 18.2 Å². The lowest BCUT2D eigenvalue weighted by Gasteiger charge is -2.31. The standard InChI is InChI=1S/C14H22N2/c1-11-5-6-12(2)13(8-11)9-16-7-3-4-14(15)10-16/h5-6,8,14H,3-4,7,9-10,15H2,1-2H3/t14-/m1/s1. The molecule has 0 unspecified atom stereocenters. The number of benzene rings is 1. The minimum absolute atomic E-state index is 0.374. The van der Waals surface area contributed by atoms with Gasteiger partial charge < -0.3 is 5.73 Å². The minimum atomic E-state index is 0.374. The molecule has 1 heterocycles. The molecule has 1 aromatic carbocycles. The lowest BCUT2D eigenvalue weighted by molar-refractivity contribution is 0.201. The van der Waals surface area contributed by atoms with E-state index >= 15 is 0 Å². The van der Waals surface area contributed by atoms with Crippen LogP contribution in [0.4, 0.5) is 0 Å². The van der Waals surface area contributed by atoms with Crippen LogP contribution in [-0.2, 0) is 6.54 Å². The fraction of sp³-hybridized carbons (Fsp3) is 0.571. The van der Waals surface area contributed by atoms with Gasteiger partial charge in [-0.05, 0) is 44.4 Å². The van der Waals surface area contributed by atoms with Crippen molar-refractivity contribution >= 4 is 0 Å². The first-order valence-corrected chi connectivity index (χ1v) is 6.19.